The summed E-state index contributed by atoms with van der Waals surface area (Å²) in [6, 6.07) is 4.79. The van der Waals surface area contributed by atoms with Gasteiger partial charge >= 0.3 is 12.2 Å². The first-order valence-electron chi connectivity index (χ1n) is 10.9. The second-order valence-electron chi connectivity index (χ2n) is 10.0. The molecule has 0 saturated heterocycles. The maximum Gasteiger partial charge on any atom is 0.419 e. The van der Waals surface area contributed by atoms with E-state index in [4.69, 9.17) is 9.47 Å². The lowest BCUT2D eigenvalue weighted by atomic mass is 10.1. The molecule has 0 unspecified atom stereocenters. The molecular weight excluding hydrogens is 465 g/mol. The van der Waals surface area contributed by atoms with Crippen LogP contribution in [0.3, 0.4) is 0 Å². The van der Waals surface area contributed by atoms with Crippen LogP contribution in [0.4, 0.5) is 22.8 Å². The van der Waals surface area contributed by atoms with Gasteiger partial charge in [0.25, 0.3) is 0 Å². The standard InChI is InChI=1S/C25H27F3N2O5/c1-24(2,3)34-22(32)30(23(33)35-25(4,5)6)10-9-29-19-13-14(26)7-8-16(19)21(31)17-11-15(27)12-18(28)20(17)29/h7-8,11-13H,9-10H2,1-6H3. The third-order valence-electron chi connectivity index (χ3n) is 4.81. The fourth-order valence-corrected chi connectivity index (χ4v) is 3.52. The molecular formula is C25H27F3N2O5. The molecule has 7 nitrogen and oxygen atoms in total. The quantitative estimate of drug-likeness (QED) is 0.436. The van der Waals surface area contributed by atoms with Crippen molar-refractivity contribution in [3.63, 3.8) is 0 Å². The van der Waals surface area contributed by atoms with E-state index in [9.17, 15) is 27.6 Å². The molecule has 0 bridgehead atoms. The van der Waals surface area contributed by atoms with Gasteiger partial charge in [0.1, 0.15) is 22.8 Å². The highest BCUT2D eigenvalue weighted by molar-refractivity contribution is 5.94. The number of rotatable bonds is 3. The molecule has 188 valence electrons. The zero-order chi connectivity index (χ0) is 26.3. The predicted molar refractivity (Wildman–Crippen MR) is 125 cm³/mol. The number of benzene rings is 2. The van der Waals surface area contributed by atoms with Gasteiger partial charge in [-0.2, -0.15) is 0 Å². The first-order chi connectivity index (χ1) is 16.1. The second kappa shape index (κ2) is 9.24. The van der Waals surface area contributed by atoms with Gasteiger partial charge in [0.05, 0.1) is 23.0 Å². The van der Waals surface area contributed by atoms with Crippen LogP contribution in [-0.2, 0) is 16.0 Å². The van der Waals surface area contributed by atoms with E-state index in [1.165, 1.54) is 10.6 Å². The summed E-state index contributed by atoms with van der Waals surface area (Å²) < 4.78 is 54.8. The average molecular weight is 492 g/mol. The van der Waals surface area contributed by atoms with Crippen LogP contribution >= 0.6 is 0 Å². The minimum Gasteiger partial charge on any atom is -0.443 e. The van der Waals surface area contributed by atoms with Gasteiger partial charge in [-0.1, -0.05) is 0 Å². The van der Waals surface area contributed by atoms with Crippen LogP contribution in [0.5, 0.6) is 0 Å². The van der Waals surface area contributed by atoms with E-state index in [1.54, 1.807) is 41.5 Å². The molecule has 0 aliphatic rings. The van der Waals surface area contributed by atoms with Crippen molar-refractivity contribution in [2.75, 3.05) is 6.54 Å². The molecule has 0 aliphatic carbocycles. The summed E-state index contributed by atoms with van der Waals surface area (Å²) in [5.41, 5.74) is -2.81. The fourth-order valence-electron chi connectivity index (χ4n) is 3.52. The van der Waals surface area contributed by atoms with E-state index in [0.29, 0.717) is 11.0 Å². The van der Waals surface area contributed by atoms with Crippen molar-refractivity contribution >= 4 is 34.0 Å². The molecule has 1 aromatic heterocycles. The molecule has 0 radical (unpaired) electrons. The summed E-state index contributed by atoms with van der Waals surface area (Å²) >= 11 is 0. The molecule has 0 spiro atoms. The number of amides is 2. The molecule has 10 heteroatoms. The summed E-state index contributed by atoms with van der Waals surface area (Å²) in [5.74, 6) is -2.70. The lowest BCUT2D eigenvalue weighted by Crippen LogP contribution is -2.45. The molecule has 0 aliphatic heterocycles. The Morgan fingerprint density at radius 1 is 0.857 bits per heavy atom. The molecule has 35 heavy (non-hydrogen) atoms. The van der Waals surface area contributed by atoms with E-state index < -0.39 is 46.3 Å². The number of hydrogen-bond donors (Lipinski definition) is 0. The van der Waals surface area contributed by atoms with Gasteiger partial charge < -0.3 is 14.0 Å². The molecule has 0 N–H and O–H groups in total. The number of ether oxygens (including phenoxy) is 2. The van der Waals surface area contributed by atoms with Gasteiger partial charge in [-0.25, -0.2) is 27.7 Å². The van der Waals surface area contributed by atoms with Crippen molar-refractivity contribution in [3.05, 3.63) is 58.0 Å². The van der Waals surface area contributed by atoms with Gasteiger partial charge in [0.15, 0.2) is 11.2 Å². The number of carbonyl (C=O) groups excluding carboxylic acids is 2. The normalized spacial score (nSPS) is 12.1. The van der Waals surface area contributed by atoms with Crippen molar-refractivity contribution < 1.29 is 32.2 Å². The van der Waals surface area contributed by atoms with Gasteiger partial charge in [-0.05, 0) is 65.8 Å². The van der Waals surface area contributed by atoms with Crippen LogP contribution in [0.1, 0.15) is 41.5 Å². The van der Waals surface area contributed by atoms with Gasteiger partial charge in [0, 0.05) is 18.0 Å². The third-order valence-corrected chi connectivity index (χ3v) is 4.81. The molecule has 3 rings (SSSR count). The Labute approximate surface area is 200 Å². The average Bonchev–Trinajstić information content (AvgIpc) is 2.67. The summed E-state index contributed by atoms with van der Waals surface area (Å²) in [4.78, 5) is 39.2. The van der Waals surface area contributed by atoms with Crippen molar-refractivity contribution in [1.29, 1.82) is 0 Å². The number of hydrogen-bond acceptors (Lipinski definition) is 5. The first-order valence-corrected chi connectivity index (χ1v) is 10.9. The van der Waals surface area contributed by atoms with Crippen molar-refractivity contribution in [1.82, 2.24) is 9.47 Å². The molecule has 2 amide bonds. The summed E-state index contributed by atoms with van der Waals surface area (Å²) in [7, 11) is 0. The summed E-state index contributed by atoms with van der Waals surface area (Å²) in [6.45, 7) is 9.08. The Bertz CT molecular complexity index is 1340. The molecule has 3 aromatic rings. The van der Waals surface area contributed by atoms with Gasteiger partial charge in [0.2, 0.25) is 0 Å². The van der Waals surface area contributed by atoms with E-state index in [1.807, 2.05) is 0 Å². The van der Waals surface area contributed by atoms with E-state index in [2.05, 4.69) is 0 Å². The fraction of sp³-hybridized carbons (Fsp3) is 0.400. The Balaban J connectivity index is 2.15. The minimum atomic E-state index is -1.05. The van der Waals surface area contributed by atoms with E-state index >= 15 is 0 Å². The Kier molecular flexibility index (Phi) is 6.88. The first kappa shape index (κ1) is 26.1. The monoisotopic (exact) mass is 492 g/mol. The van der Waals surface area contributed by atoms with Crippen LogP contribution in [-0.4, -0.2) is 39.4 Å². The number of pyridine rings is 1. The zero-order valence-corrected chi connectivity index (χ0v) is 20.4. The largest absolute Gasteiger partial charge is 0.443 e. The number of halogens is 3. The lowest BCUT2D eigenvalue weighted by Gasteiger charge is -2.29. The Morgan fingerprint density at radius 3 is 1.97 bits per heavy atom. The molecule has 0 fully saturated rings. The molecule has 2 aromatic carbocycles. The van der Waals surface area contributed by atoms with Crippen molar-refractivity contribution in [2.45, 2.75) is 59.3 Å². The van der Waals surface area contributed by atoms with Crippen LogP contribution in [0.2, 0.25) is 0 Å². The maximum atomic E-state index is 14.9. The second-order valence-corrected chi connectivity index (χ2v) is 10.0. The van der Waals surface area contributed by atoms with Gasteiger partial charge in [-0.15, -0.1) is 0 Å². The number of carbonyl (C=O) groups is 2. The topological polar surface area (TPSA) is 77.8 Å². The Hall–Kier alpha value is -3.56. The van der Waals surface area contributed by atoms with E-state index in [0.717, 1.165) is 18.2 Å². The predicted octanol–water partition coefficient (Wildman–Crippen LogP) is 5.74. The van der Waals surface area contributed by atoms with Crippen LogP contribution < -0.4 is 5.43 Å². The highest BCUT2D eigenvalue weighted by Crippen LogP contribution is 2.24. The number of nitrogens with zero attached hydrogens (tertiary/aromatic N) is 2. The number of fused-ring (bicyclic) bond motifs is 2. The highest BCUT2D eigenvalue weighted by Gasteiger charge is 2.31. The third kappa shape index (κ3) is 5.93. The highest BCUT2D eigenvalue weighted by atomic mass is 19.1. The number of imide groups is 1. The summed E-state index contributed by atoms with van der Waals surface area (Å²) in [5, 5.41) is -0.243. The minimum absolute atomic E-state index is 0.0151. The zero-order valence-electron chi connectivity index (χ0n) is 20.4. The maximum absolute atomic E-state index is 14.9. The summed E-state index contributed by atoms with van der Waals surface area (Å²) in [6.07, 6.45) is -2.00. The molecule has 0 saturated carbocycles. The van der Waals surface area contributed by atoms with Crippen LogP contribution in [0, 0.1) is 17.5 Å². The Morgan fingerprint density at radius 2 is 1.43 bits per heavy atom. The lowest BCUT2D eigenvalue weighted by molar-refractivity contribution is 0.000975. The van der Waals surface area contributed by atoms with Gasteiger partial charge in [-0.3, -0.25) is 4.79 Å². The smallest absolute Gasteiger partial charge is 0.419 e. The molecule has 0 atom stereocenters. The van der Waals surface area contributed by atoms with Crippen LogP contribution in [0.15, 0.2) is 35.1 Å². The number of aromatic nitrogens is 1. The van der Waals surface area contributed by atoms with Crippen molar-refractivity contribution in [3.8, 4) is 0 Å². The van der Waals surface area contributed by atoms with Crippen molar-refractivity contribution in [2.24, 2.45) is 0 Å². The molecule has 1 heterocycles. The van der Waals surface area contributed by atoms with E-state index in [-0.39, 0.29) is 34.9 Å². The SMILES string of the molecule is CC(C)(C)OC(=O)N(CCn1c2cc(F)ccc2c(=O)c2cc(F)cc(F)c21)C(=O)OC(C)(C)C. The van der Waals surface area contributed by atoms with Crippen LogP contribution in [0.25, 0.3) is 21.8 Å².